The van der Waals surface area contributed by atoms with Gasteiger partial charge in [-0.2, -0.15) is 0 Å². The number of imidazole rings is 1. The first-order chi connectivity index (χ1) is 10.8. The van der Waals surface area contributed by atoms with Gasteiger partial charge >= 0.3 is 6.03 Å². The third-order valence-corrected chi connectivity index (χ3v) is 3.55. The Kier molecular flexibility index (Phi) is 4.65. The standard InChI is InChI=1S/C15H19N5O2/c21-15(19-10-13-2-1-7-22-13)18-9-12-3-4-14(17-8-12)20-6-5-16-11-20/h3-6,8,11,13H,1-2,7,9-10H2,(H2,18,19,21). The molecule has 0 aliphatic carbocycles. The van der Waals surface area contributed by atoms with Crippen molar-refractivity contribution in [3.8, 4) is 5.82 Å². The molecule has 1 saturated heterocycles. The van der Waals surface area contributed by atoms with Gasteiger partial charge in [0.25, 0.3) is 0 Å². The average Bonchev–Trinajstić information content (AvgIpc) is 3.24. The van der Waals surface area contributed by atoms with E-state index in [4.69, 9.17) is 4.74 Å². The Bertz CT molecular complexity index is 591. The lowest BCUT2D eigenvalue weighted by molar-refractivity contribution is 0.111. The quantitative estimate of drug-likeness (QED) is 0.871. The second kappa shape index (κ2) is 7.04. The monoisotopic (exact) mass is 301 g/mol. The van der Waals surface area contributed by atoms with Gasteiger partial charge in [-0.1, -0.05) is 6.07 Å². The fourth-order valence-electron chi connectivity index (χ4n) is 2.33. The van der Waals surface area contributed by atoms with E-state index in [1.165, 1.54) is 0 Å². The van der Waals surface area contributed by atoms with Crippen molar-refractivity contribution in [2.75, 3.05) is 13.2 Å². The van der Waals surface area contributed by atoms with Crippen LogP contribution in [0.25, 0.3) is 5.82 Å². The van der Waals surface area contributed by atoms with Crippen molar-refractivity contribution in [2.24, 2.45) is 0 Å². The van der Waals surface area contributed by atoms with Crippen molar-refractivity contribution in [1.82, 2.24) is 25.2 Å². The minimum absolute atomic E-state index is 0.155. The average molecular weight is 301 g/mol. The number of aromatic nitrogens is 3. The van der Waals surface area contributed by atoms with Gasteiger partial charge in [0.15, 0.2) is 0 Å². The molecule has 7 heteroatoms. The van der Waals surface area contributed by atoms with Crippen LogP contribution in [0.2, 0.25) is 0 Å². The molecule has 3 rings (SSSR count). The molecule has 1 fully saturated rings. The number of nitrogens with zero attached hydrogens (tertiary/aromatic N) is 3. The van der Waals surface area contributed by atoms with Crippen LogP contribution in [-0.2, 0) is 11.3 Å². The maximum atomic E-state index is 11.7. The van der Waals surface area contributed by atoms with Crippen LogP contribution in [0.5, 0.6) is 0 Å². The van der Waals surface area contributed by atoms with Crippen molar-refractivity contribution in [1.29, 1.82) is 0 Å². The summed E-state index contributed by atoms with van der Waals surface area (Å²) in [6.07, 6.45) is 9.22. The fraction of sp³-hybridized carbons (Fsp3) is 0.400. The van der Waals surface area contributed by atoms with Crippen LogP contribution < -0.4 is 10.6 Å². The third kappa shape index (κ3) is 3.82. The molecule has 1 atom stereocenters. The lowest BCUT2D eigenvalue weighted by Gasteiger charge is -2.11. The molecule has 2 aromatic rings. The van der Waals surface area contributed by atoms with E-state index in [9.17, 15) is 4.79 Å². The number of ether oxygens (including phenoxy) is 1. The molecule has 22 heavy (non-hydrogen) atoms. The number of pyridine rings is 1. The highest BCUT2D eigenvalue weighted by Gasteiger charge is 2.15. The summed E-state index contributed by atoms with van der Waals surface area (Å²) in [7, 11) is 0. The normalized spacial score (nSPS) is 17.4. The van der Waals surface area contributed by atoms with Crippen LogP contribution in [0.1, 0.15) is 18.4 Å². The second-order valence-electron chi connectivity index (χ2n) is 5.19. The smallest absolute Gasteiger partial charge is 0.315 e. The molecule has 0 radical (unpaired) electrons. The van der Waals surface area contributed by atoms with Crippen LogP contribution >= 0.6 is 0 Å². The molecule has 1 aliphatic rings. The predicted molar refractivity (Wildman–Crippen MR) is 80.6 cm³/mol. The van der Waals surface area contributed by atoms with Gasteiger partial charge in [0.05, 0.1) is 6.10 Å². The Morgan fingerprint density at radius 1 is 1.41 bits per heavy atom. The molecule has 2 amide bonds. The molecule has 0 bridgehead atoms. The lowest BCUT2D eigenvalue weighted by atomic mass is 10.2. The predicted octanol–water partition coefficient (Wildman–Crippen LogP) is 1.25. The molecule has 0 saturated carbocycles. The van der Waals surface area contributed by atoms with Crippen molar-refractivity contribution >= 4 is 6.03 Å². The summed E-state index contributed by atoms with van der Waals surface area (Å²) in [5.74, 6) is 0.795. The fourth-order valence-corrected chi connectivity index (χ4v) is 2.33. The molecule has 116 valence electrons. The van der Waals surface area contributed by atoms with Gasteiger partial charge in [0.2, 0.25) is 0 Å². The van der Waals surface area contributed by atoms with Gasteiger partial charge in [-0.05, 0) is 24.5 Å². The van der Waals surface area contributed by atoms with Crippen LogP contribution in [0.15, 0.2) is 37.1 Å². The zero-order chi connectivity index (χ0) is 15.2. The van der Waals surface area contributed by atoms with E-state index in [-0.39, 0.29) is 12.1 Å². The van der Waals surface area contributed by atoms with E-state index in [2.05, 4.69) is 20.6 Å². The van der Waals surface area contributed by atoms with Gasteiger partial charge in [-0.15, -0.1) is 0 Å². The third-order valence-electron chi connectivity index (χ3n) is 3.55. The minimum Gasteiger partial charge on any atom is -0.376 e. The number of urea groups is 1. The number of hydrogen-bond donors (Lipinski definition) is 2. The Labute approximate surface area is 128 Å². The van der Waals surface area contributed by atoms with Crippen LogP contribution in [0, 0.1) is 0 Å². The number of carbonyl (C=O) groups is 1. The summed E-state index contributed by atoms with van der Waals surface area (Å²) in [6.45, 7) is 1.79. The number of carbonyl (C=O) groups excluding carboxylic acids is 1. The summed E-state index contributed by atoms with van der Waals surface area (Å²) >= 11 is 0. The number of nitrogens with one attached hydrogen (secondary N) is 2. The highest BCUT2D eigenvalue weighted by molar-refractivity contribution is 5.73. The van der Waals surface area contributed by atoms with Crippen LogP contribution in [0.3, 0.4) is 0 Å². The van der Waals surface area contributed by atoms with Gasteiger partial charge in [0.1, 0.15) is 12.1 Å². The maximum Gasteiger partial charge on any atom is 0.315 e. The number of amides is 2. The van der Waals surface area contributed by atoms with Crippen molar-refractivity contribution in [3.05, 3.63) is 42.6 Å². The highest BCUT2D eigenvalue weighted by atomic mass is 16.5. The number of rotatable bonds is 5. The molecular weight excluding hydrogens is 282 g/mol. The van der Waals surface area contributed by atoms with Crippen LogP contribution in [0.4, 0.5) is 4.79 Å². The van der Waals surface area contributed by atoms with Crippen LogP contribution in [-0.4, -0.2) is 39.8 Å². The first kappa shape index (κ1) is 14.5. The van der Waals surface area contributed by atoms with E-state index >= 15 is 0 Å². The van der Waals surface area contributed by atoms with E-state index < -0.39 is 0 Å². The topological polar surface area (TPSA) is 81.1 Å². The van der Waals surface area contributed by atoms with Crippen molar-refractivity contribution in [3.63, 3.8) is 0 Å². The largest absolute Gasteiger partial charge is 0.376 e. The van der Waals surface area contributed by atoms with Gasteiger partial charge < -0.3 is 15.4 Å². The zero-order valence-corrected chi connectivity index (χ0v) is 12.2. The van der Waals surface area contributed by atoms with E-state index in [0.29, 0.717) is 13.1 Å². The zero-order valence-electron chi connectivity index (χ0n) is 12.2. The second-order valence-corrected chi connectivity index (χ2v) is 5.19. The minimum atomic E-state index is -0.186. The Hall–Kier alpha value is -2.41. The van der Waals surface area contributed by atoms with Gasteiger partial charge in [-0.3, -0.25) is 4.57 Å². The summed E-state index contributed by atoms with van der Waals surface area (Å²) in [4.78, 5) is 20.0. The van der Waals surface area contributed by atoms with E-state index in [0.717, 1.165) is 30.8 Å². The first-order valence-corrected chi connectivity index (χ1v) is 7.38. The Balaban J connectivity index is 1.43. The molecule has 2 N–H and O–H groups in total. The molecular formula is C15H19N5O2. The summed E-state index contributed by atoms with van der Waals surface area (Å²) in [5, 5.41) is 5.63. The van der Waals surface area contributed by atoms with E-state index in [1.807, 2.05) is 22.9 Å². The van der Waals surface area contributed by atoms with Crippen molar-refractivity contribution < 1.29 is 9.53 Å². The number of hydrogen-bond acceptors (Lipinski definition) is 4. The lowest BCUT2D eigenvalue weighted by Crippen LogP contribution is -2.39. The molecule has 0 spiro atoms. The Morgan fingerprint density at radius 3 is 3.05 bits per heavy atom. The highest BCUT2D eigenvalue weighted by Crippen LogP contribution is 2.10. The van der Waals surface area contributed by atoms with Gasteiger partial charge in [0, 0.05) is 38.3 Å². The summed E-state index contributed by atoms with van der Waals surface area (Å²) in [6, 6.07) is 3.64. The Morgan fingerprint density at radius 2 is 2.36 bits per heavy atom. The molecule has 1 aliphatic heterocycles. The first-order valence-electron chi connectivity index (χ1n) is 7.38. The summed E-state index contributed by atoms with van der Waals surface area (Å²) < 4.78 is 7.28. The summed E-state index contributed by atoms with van der Waals surface area (Å²) in [5.41, 5.74) is 0.941. The molecule has 0 aromatic carbocycles. The van der Waals surface area contributed by atoms with Gasteiger partial charge in [-0.25, -0.2) is 14.8 Å². The molecule has 7 nitrogen and oxygen atoms in total. The SMILES string of the molecule is O=C(NCc1ccc(-n2ccnc2)nc1)NCC1CCCO1. The van der Waals surface area contributed by atoms with Crippen molar-refractivity contribution in [2.45, 2.75) is 25.5 Å². The molecule has 2 aromatic heterocycles. The molecule has 3 heterocycles. The maximum absolute atomic E-state index is 11.7. The molecule has 1 unspecified atom stereocenters. The van der Waals surface area contributed by atoms with E-state index in [1.54, 1.807) is 18.7 Å².